The first-order valence-electron chi connectivity index (χ1n) is 7.97. The number of ether oxygens (including phenoxy) is 2. The SMILES string of the molecule is COc1ccc(NC(=O)C(=O)NC[C@@H](c2cccs2)N(C)C)cc1OC. The van der Waals surface area contributed by atoms with Crippen molar-refractivity contribution in [3.8, 4) is 11.5 Å². The van der Waals surface area contributed by atoms with Crippen LogP contribution in [0.4, 0.5) is 5.69 Å². The predicted octanol–water partition coefficient (Wildman–Crippen LogP) is 2.12. The minimum Gasteiger partial charge on any atom is -0.493 e. The van der Waals surface area contributed by atoms with Crippen LogP contribution in [0.1, 0.15) is 10.9 Å². The molecule has 2 amide bonds. The number of hydrogen-bond acceptors (Lipinski definition) is 6. The van der Waals surface area contributed by atoms with Crippen molar-refractivity contribution in [2.75, 3.05) is 40.2 Å². The van der Waals surface area contributed by atoms with Crippen molar-refractivity contribution in [2.24, 2.45) is 0 Å². The van der Waals surface area contributed by atoms with E-state index >= 15 is 0 Å². The molecule has 2 rings (SSSR count). The number of likely N-dealkylation sites (N-methyl/N-ethyl adjacent to an activating group) is 1. The molecule has 0 saturated carbocycles. The Bertz CT molecular complexity index is 747. The predicted molar refractivity (Wildman–Crippen MR) is 102 cm³/mol. The molecule has 0 radical (unpaired) electrons. The smallest absolute Gasteiger partial charge is 0.313 e. The molecule has 2 aromatic rings. The van der Waals surface area contributed by atoms with E-state index in [0.29, 0.717) is 23.7 Å². The second kappa shape index (κ2) is 9.21. The molecule has 0 aliphatic heterocycles. The average Bonchev–Trinajstić information content (AvgIpc) is 3.15. The van der Waals surface area contributed by atoms with Crippen LogP contribution in [-0.2, 0) is 9.59 Å². The fraction of sp³-hybridized carbons (Fsp3) is 0.333. The Hall–Kier alpha value is -2.58. The third-order valence-corrected chi connectivity index (χ3v) is 4.77. The number of hydrogen-bond donors (Lipinski definition) is 2. The minimum atomic E-state index is -0.735. The van der Waals surface area contributed by atoms with Crippen molar-refractivity contribution >= 4 is 28.8 Å². The fourth-order valence-electron chi connectivity index (χ4n) is 2.39. The van der Waals surface area contributed by atoms with Crippen LogP contribution in [-0.4, -0.2) is 51.6 Å². The first-order chi connectivity index (χ1) is 12.5. The summed E-state index contributed by atoms with van der Waals surface area (Å²) in [5, 5.41) is 7.22. The highest BCUT2D eigenvalue weighted by Gasteiger charge is 2.20. The molecular weight excluding hydrogens is 354 g/mol. The van der Waals surface area contributed by atoms with Crippen LogP contribution >= 0.6 is 11.3 Å². The van der Waals surface area contributed by atoms with Crippen LogP contribution in [0.2, 0.25) is 0 Å². The standard InChI is InChI=1S/C18H23N3O4S/c1-21(2)13(16-6-5-9-26-16)11-19-17(22)18(23)20-12-7-8-14(24-3)15(10-12)25-4/h5-10,13H,11H2,1-4H3,(H,19,22)(H,20,23)/t13-/m0/s1. The zero-order valence-corrected chi connectivity index (χ0v) is 16.1. The van der Waals surface area contributed by atoms with Crippen molar-refractivity contribution in [3.63, 3.8) is 0 Å². The molecule has 1 aromatic carbocycles. The van der Waals surface area contributed by atoms with Gasteiger partial charge in [0, 0.05) is 23.2 Å². The number of nitrogens with zero attached hydrogens (tertiary/aromatic N) is 1. The molecule has 0 aliphatic carbocycles. The molecule has 0 spiro atoms. The Labute approximate surface area is 156 Å². The Morgan fingerprint density at radius 1 is 1.12 bits per heavy atom. The monoisotopic (exact) mass is 377 g/mol. The van der Waals surface area contributed by atoms with Crippen LogP contribution in [0.5, 0.6) is 11.5 Å². The van der Waals surface area contributed by atoms with E-state index in [9.17, 15) is 9.59 Å². The van der Waals surface area contributed by atoms with Crippen molar-refractivity contribution in [1.82, 2.24) is 10.2 Å². The number of carbonyl (C=O) groups is 2. The Kier molecular flexibility index (Phi) is 6.99. The average molecular weight is 377 g/mol. The number of amides is 2. The van der Waals surface area contributed by atoms with E-state index in [1.807, 2.05) is 36.5 Å². The highest BCUT2D eigenvalue weighted by atomic mass is 32.1. The van der Waals surface area contributed by atoms with Crippen LogP contribution in [0, 0.1) is 0 Å². The molecule has 8 heteroatoms. The Morgan fingerprint density at radius 3 is 2.42 bits per heavy atom. The van der Waals surface area contributed by atoms with E-state index in [0.717, 1.165) is 4.88 Å². The molecule has 7 nitrogen and oxygen atoms in total. The normalized spacial score (nSPS) is 11.7. The lowest BCUT2D eigenvalue weighted by atomic mass is 10.2. The topological polar surface area (TPSA) is 79.9 Å². The minimum absolute atomic E-state index is 0.00725. The summed E-state index contributed by atoms with van der Waals surface area (Å²) in [5.74, 6) is -0.417. The molecule has 0 unspecified atom stereocenters. The number of anilines is 1. The summed E-state index contributed by atoms with van der Waals surface area (Å²) in [6, 6.07) is 8.87. The summed E-state index contributed by atoms with van der Waals surface area (Å²) < 4.78 is 10.3. The van der Waals surface area contributed by atoms with Crippen molar-refractivity contribution in [1.29, 1.82) is 0 Å². The number of nitrogens with one attached hydrogen (secondary N) is 2. The third-order valence-electron chi connectivity index (χ3n) is 3.80. The van der Waals surface area contributed by atoms with Crippen LogP contribution in [0.15, 0.2) is 35.7 Å². The van der Waals surface area contributed by atoms with Crippen molar-refractivity contribution < 1.29 is 19.1 Å². The third kappa shape index (κ3) is 4.96. The van der Waals surface area contributed by atoms with Gasteiger partial charge in [-0.2, -0.15) is 0 Å². The van der Waals surface area contributed by atoms with E-state index in [4.69, 9.17) is 9.47 Å². The van der Waals surface area contributed by atoms with Gasteiger partial charge in [-0.15, -0.1) is 11.3 Å². The van der Waals surface area contributed by atoms with Crippen molar-refractivity contribution in [2.45, 2.75) is 6.04 Å². The Morgan fingerprint density at radius 2 is 1.85 bits per heavy atom. The fourth-order valence-corrected chi connectivity index (χ4v) is 3.31. The molecule has 1 atom stereocenters. The Balaban J connectivity index is 1.96. The number of rotatable bonds is 7. The van der Waals surface area contributed by atoms with Gasteiger partial charge in [0.05, 0.1) is 20.3 Å². The van der Waals surface area contributed by atoms with Gasteiger partial charge in [-0.3, -0.25) is 9.59 Å². The number of carbonyl (C=O) groups excluding carboxylic acids is 2. The quantitative estimate of drug-likeness (QED) is 0.723. The molecule has 26 heavy (non-hydrogen) atoms. The summed E-state index contributed by atoms with van der Waals surface area (Å²) in [5.41, 5.74) is 0.449. The summed E-state index contributed by atoms with van der Waals surface area (Å²) in [6.07, 6.45) is 0. The second-order valence-corrected chi connectivity index (χ2v) is 6.71. The molecule has 0 aliphatic rings. The van der Waals surface area contributed by atoms with Crippen LogP contribution in [0.25, 0.3) is 0 Å². The maximum atomic E-state index is 12.1. The number of benzene rings is 1. The number of methoxy groups -OCH3 is 2. The lowest BCUT2D eigenvalue weighted by Gasteiger charge is -2.23. The van der Waals surface area contributed by atoms with Gasteiger partial charge in [0.1, 0.15) is 0 Å². The maximum Gasteiger partial charge on any atom is 0.313 e. The second-order valence-electron chi connectivity index (χ2n) is 5.73. The van der Waals surface area contributed by atoms with Gasteiger partial charge in [0.25, 0.3) is 0 Å². The zero-order valence-electron chi connectivity index (χ0n) is 15.2. The lowest BCUT2D eigenvalue weighted by Crippen LogP contribution is -2.40. The van der Waals surface area contributed by atoms with E-state index in [1.54, 1.807) is 29.5 Å². The number of thiophene rings is 1. The molecule has 2 N–H and O–H groups in total. The highest BCUT2D eigenvalue weighted by Crippen LogP contribution is 2.29. The summed E-state index contributed by atoms with van der Waals surface area (Å²) in [6.45, 7) is 0.339. The van der Waals surface area contributed by atoms with E-state index in [-0.39, 0.29) is 6.04 Å². The van der Waals surface area contributed by atoms with Crippen LogP contribution in [0.3, 0.4) is 0 Å². The highest BCUT2D eigenvalue weighted by molar-refractivity contribution is 7.10. The zero-order chi connectivity index (χ0) is 19.1. The summed E-state index contributed by atoms with van der Waals surface area (Å²) >= 11 is 1.61. The molecule has 1 aromatic heterocycles. The van der Waals surface area contributed by atoms with Crippen molar-refractivity contribution in [3.05, 3.63) is 40.6 Å². The van der Waals surface area contributed by atoms with Gasteiger partial charge in [0.15, 0.2) is 11.5 Å². The van der Waals surface area contributed by atoms with Gasteiger partial charge in [-0.1, -0.05) is 6.07 Å². The molecule has 1 heterocycles. The summed E-state index contributed by atoms with van der Waals surface area (Å²) in [4.78, 5) is 27.4. The van der Waals surface area contributed by atoms with Gasteiger partial charge < -0.3 is 25.0 Å². The molecule has 0 saturated heterocycles. The first kappa shape index (κ1) is 19.7. The lowest BCUT2D eigenvalue weighted by molar-refractivity contribution is -0.136. The largest absolute Gasteiger partial charge is 0.493 e. The van der Waals surface area contributed by atoms with E-state index < -0.39 is 11.8 Å². The van der Waals surface area contributed by atoms with Gasteiger partial charge >= 0.3 is 11.8 Å². The molecule has 140 valence electrons. The van der Waals surface area contributed by atoms with Gasteiger partial charge in [0.2, 0.25) is 0 Å². The van der Waals surface area contributed by atoms with Crippen LogP contribution < -0.4 is 20.1 Å². The van der Waals surface area contributed by atoms with Gasteiger partial charge in [-0.05, 0) is 37.7 Å². The molecular formula is C18H23N3O4S. The summed E-state index contributed by atoms with van der Waals surface area (Å²) in [7, 11) is 6.89. The maximum absolute atomic E-state index is 12.1. The first-order valence-corrected chi connectivity index (χ1v) is 8.85. The van der Waals surface area contributed by atoms with E-state index in [2.05, 4.69) is 10.6 Å². The molecule has 0 bridgehead atoms. The molecule has 0 fully saturated rings. The van der Waals surface area contributed by atoms with Gasteiger partial charge in [-0.25, -0.2) is 0 Å². The van der Waals surface area contributed by atoms with E-state index in [1.165, 1.54) is 14.2 Å².